The lowest BCUT2D eigenvalue weighted by Gasteiger charge is -2.14. The molecule has 1 amide bonds. The van der Waals surface area contributed by atoms with Crippen molar-refractivity contribution in [2.45, 2.75) is 53.6 Å². The van der Waals surface area contributed by atoms with Crippen LogP contribution in [0.5, 0.6) is 0 Å². The van der Waals surface area contributed by atoms with Crippen molar-refractivity contribution in [3.63, 3.8) is 0 Å². The predicted octanol–water partition coefficient (Wildman–Crippen LogP) is 3.45. The average Bonchev–Trinajstić information content (AvgIpc) is 2.81. The number of nitrogens with one attached hydrogen (secondary N) is 1. The summed E-state index contributed by atoms with van der Waals surface area (Å²) in [6, 6.07) is 9.28. The van der Waals surface area contributed by atoms with E-state index in [1.165, 1.54) is 0 Å². The van der Waals surface area contributed by atoms with Gasteiger partial charge >= 0.3 is 0 Å². The van der Waals surface area contributed by atoms with E-state index < -0.39 is 0 Å². The molecular weight excluding hydrogens is 312 g/mol. The zero-order valence-electron chi connectivity index (χ0n) is 15.6. The van der Waals surface area contributed by atoms with E-state index in [9.17, 15) is 4.79 Å². The summed E-state index contributed by atoms with van der Waals surface area (Å²) in [6.45, 7) is 11.1. The van der Waals surface area contributed by atoms with Crippen LogP contribution in [0.25, 0.3) is 0 Å². The van der Waals surface area contributed by atoms with E-state index in [0.29, 0.717) is 17.9 Å². The summed E-state index contributed by atoms with van der Waals surface area (Å²) >= 11 is 0. The third-order valence-electron chi connectivity index (χ3n) is 4.32. The molecule has 1 N–H and O–H groups in total. The van der Waals surface area contributed by atoms with E-state index in [-0.39, 0.29) is 11.9 Å². The van der Waals surface area contributed by atoms with Crippen LogP contribution < -0.4 is 5.32 Å². The third kappa shape index (κ3) is 4.69. The number of hydrogen-bond acceptors (Lipinski definition) is 3. The van der Waals surface area contributed by atoms with Crippen LogP contribution in [0.15, 0.2) is 24.3 Å². The molecule has 0 saturated carbocycles. The van der Waals surface area contributed by atoms with Crippen molar-refractivity contribution in [2.75, 3.05) is 0 Å². The minimum Gasteiger partial charge on any atom is -0.349 e. The molecule has 0 radical (unpaired) electrons. The monoisotopic (exact) mass is 338 g/mol. The number of nitriles is 1. The van der Waals surface area contributed by atoms with Gasteiger partial charge in [0.1, 0.15) is 0 Å². The van der Waals surface area contributed by atoms with Gasteiger partial charge in [0.15, 0.2) is 0 Å². The summed E-state index contributed by atoms with van der Waals surface area (Å²) < 4.78 is 1.99. The molecule has 0 bridgehead atoms. The Morgan fingerprint density at radius 1 is 1.24 bits per heavy atom. The Labute approximate surface area is 149 Å². The Hall–Kier alpha value is -2.61. The fourth-order valence-corrected chi connectivity index (χ4v) is 2.90. The molecule has 5 nitrogen and oxygen atoms in total. The Kier molecular flexibility index (Phi) is 5.97. The SMILES string of the molecule is Cc1nn(CC(C)C)c(C)c1CC(=O)NC(C)c1ccc(C#N)cc1. The van der Waals surface area contributed by atoms with Crippen molar-refractivity contribution < 1.29 is 4.79 Å². The fourth-order valence-electron chi connectivity index (χ4n) is 2.90. The molecule has 1 aromatic carbocycles. The van der Waals surface area contributed by atoms with Crippen LogP contribution in [0.4, 0.5) is 0 Å². The van der Waals surface area contributed by atoms with Gasteiger partial charge in [-0.05, 0) is 44.4 Å². The second-order valence-electron chi connectivity index (χ2n) is 6.93. The summed E-state index contributed by atoms with van der Waals surface area (Å²) in [4.78, 5) is 12.5. The van der Waals surface area contributed by atoms with Crippen molar-refractivity contribution >= 4 is 5.91 Å². The van der Waals surface area contributed by atoms with Gasteiger partial charge in [0.25, 0.3) is 0 Å². The Morgan fingerprint density at radius 3 is 2.44 bits per heavy atom. The lowest BCUT2D eigenvalue weighted by atomic mass is 10.1. The number of benzene rings is 1. The number of aromatic nitrogens is 2. The molecule has 1 aromatic heterocycles. The van der Waals surface area contributed by atoms with Crippen LogP contribution in [0.3, 0.4) is 0 Å². The molecule has 0 aliphatic rings. The summed E-state index contributed by atoms with van der Waals surface area (Å²) in [5.41, 5.74) is 4.58. The first-order valence-corrected chi connectivity index (χ1v) is 8.64. The summed E-state index contributed by atoms with van der Waals surface area (Å²) in [7, 11) is 0. The number of hydrogen-bond donors (Lipinski definition) is 1. The maximum atomic E-state index is 12.5. The van der Waals surface area contributed by atoms with Crippen LogP contribution in [0, 0.1) is 31.1 Å². The molecule has 0 fully saturated rings. The van der Waals surface area contributed by atoms with Gasteiger partial charge in [-0.2, -0.15) is 10.4 Å². The standard InChI is InChI=1S/C20H26N4O/c1-13(2)12-24-16(5)19(15(4)23-24)10-20(25)22-14(3)18-8-6-17(11-21)7-9-18/h6-9,13-14H,10,12H2,1-5H3,(H,22,25). The number of nitrogens with zero attached hydrogens (tertiary/aromatic N) is 3. The Balaban J connectivity index is 2.04. The van der Waals surface area contributed by atoms with Crippen LogP contribution in [0.1, 0.15) is 54.9 Å². The van der Waals surface area contributed by atoms with Crippen molar-refractivity contribution in [3.05, 3.63) is 52.3 Å². The fraction of sp³-hybridized carbons (Fsp3) is 0.450. The molecular formula is C20H26N4O. The van der Waals surface area contributed by atoms with Gasteiger partial charge in [0.2, 0.25) is 5.91 Å². The van der Waals surface area contributed by atoms with E-state index in [0.717, 1.165) is 29.1 Å². The second kappa shape index (κ2) is 7.98. The van der Waals surface area contributed by atoms with Crippen molar-refractivity contribution in [2.24, 2.45) is 5.92 Å². The molecule has 0 aliphatic heterocycles. The van der Waals surface area contributed by atoms with Crippen LogP contribution in [-0.2, 0) is 17.8 Å². The number of carbonyl (C=O) groups excluding carboxylic acids is 1. The topological polar surface area (TPSA) is 70.7 Å². The van der Waals surface area contributed by atoms with Gasteiger partial charge in [-0.1, -0.05) is 26.0 Å². The van der Waals surface area contributed by atoms with E-state index >= 15 is 0 Å². The van der Waals surface area contributed by atoms with Gasteiger partial charge in [-0.15, -0.1) is 0 Å². The van der Waals surface area contributed by atoms with Crippen LogP contribution >= 0.6 is 0 Å². The van der Waals surface area contributed by atoms with E-state index in [1.54, 1.807) is 12.1 Å². The highest BCUT2D eigenvalue weighted by molar-refractivity contribution is 5.79. The van der Waals surface area contributed by atoms with Gasteiger partial charge in [0, 0.05) is 17.8 Å². The number of carbonyl (C=O) groups is 1. The average molecular weight is 338 g/mol. The van der Waals surface area contributed by atoms with Gasteiger partial charge in [-0.25, -0.2) is 0 Å². The molecule has 2 aromatic rings. The van der Waals surface area contributed by atoms with Gasteiger partial charge < -0.3 is 5.32 Å². The summed E-state index contributed by atoms with van der Waals surface area (Å²) in [5.74, 6) is 0.489. The second-order valence-corrected chi connectivity index (χ2v) is 6.93. The van der Waals surface area contributed by atoms with Crippen LogP contribution in [0.2, 0.25) is 0 Å². The molecule has 5 heteroatoms. The van der Waals surface area contributed by atoms with Crippen molar-refractivity contribution in [1.82, 2.24) is 15.1 Å². The molecule has 1 heterocycles. The lowest BCUT2D eigenvalue weighted by molar-refractivity contribution is -0.121. The Morgan fingerprint density at radius 2 is 1.88 bits per heavy atom. The van der Waals surface area contributed by atoms with Crippen molar-refractivity contribution in [1.29, 1.82) is 5.26 Å². The quantitative estimate of drug-likeness (QED) is 0.877. The van der Waals surface area contributed by atoms with Gasteiger partial charge in [0.05, 0.1) is 29.8 Å². The molecule has 1 atom stereocenters. The zero-order valence-corrected chi connectivity index (χ0v) is 15.6. The molecule has 0 spiro atoms. The predicted molar refractivity (Wildman–Crippen MR) is 98.0 cm³/mol. The normalized spacial score (nSPS) is 12.0. The first-order chi connectivity index (χ1) is 11.8. The maximum absolute atomic E-state index is 12.5. The number of rotatable bonds is 6. The largest absolute Gasteiger partial charge is 0.349 e. The maximum Gasteiger partial charge on any atom is 0.225 e. The third-order valence-corrected chi connectivity index (χ3v) is 4.32. The minimum absolute atomic E-state index is 0.0212. The first kappa shape index (κ1) is 18.7. The highest BCUT2D eigenvalue weighted by atomic mass is 16.1. The van der Waals surface area contributed by atoms with E-state index in [4.69, 9.17) is 5.26 Å². The van der Waals surface area contributed by atoms with Crippen LogP contribution in [-0.4, -0.2) is 15.7 Å². The van der Waals surface area contributed by atoms with E-state index in [2.05, 4.69) is 30.3 Å². The lowest BCUT2D eigenvalue weighted by Crippen LogP contribution is -2.28. The van der Waals surface area contributed by atoms with E-state index in [1.807, 2.05) is 37.6 Å². The highest BCUT2D eigenvalue weighted by Gasteiger charge is 2.17. The number of aryl methyl sites for hydroxylation is 1. The van der Waals surface area contributed by atoms with Gasteiger partial charge in [-0.3, -0.25) is 9.48 Å². The smallest absolute Gasteiger partial charge is 0.225 e. The molecule has 0 saturated heterocycles. The van der Waals surface area contributed by atoms with Crippen molar-refractivity contribution in [3.8, 4) is 6.07 Å². The highest BCUT2D eigenvalue weighted by Crippen LogP contribution is 2.17. The number of amides is 1. The molecule has 132 valence electrons. The minimum atomic E-state index is -0.105. The summed E-state index contributed by atoms with van der Waals surface area (Å²) in [5, 5.41) is 16.5. The zero-order chi connectivity index (χ0) is 18.6. The first-order valence-electron chi connectivity index (χ1n) is 8.64. The molecule has 0 aliphatic carbocycles. The Bertz CT molecular complexity index is 781. The molecule has 25 heavy (non-hydrogen) atoms. The molecule has 2 rings (SSSR count). The molecule has 1 unspecified atom stereocenters. The summed E-state index contributed by atoms with van der Waals surface area (Å²) in [6.07, 6.45) is 0.330.